The van der Waals surface area contributed by atoms with Crippen LogP contribution in [0, 0.1) is 0 Å². The zero-order chi connectivity index (χ0) is 14.1. The predicted octanol–water partition coefficient (Wildman–Crippen LogP) is 1.11. The lowest BCUT2D eigenvalue weighted by Crippen LogP contribution is -2.28. The van der Waals surface area contributed by atoms with Gasteiger partial charge in [-0.1, -0.05) is 6.08 Å². The quantitative estimate of drug-likeness (QED) is 0.454. The van der Waals surface area contributed by atoms with Gasteiger partial charge in [0.1, 0.15) is 6.29 Å². The van der Waals surface area contributed by atoms with Crippen molar-refractivity contribution < 1.29 is 19.5 Å². The molecule has 1 aromatic rings. The van der Waals surface area contributed by atoms with Gasteiger partial charge in [-0.3, -0.25) is 25.8 Å². The van der Waals surface area contributed by atoms with Gasteiger partial charge in [0, 0.05) is 18.2 Å². The van der Waals surface area contributed by atoms with Crippen molar-refractivity contribution in [2.45, 2.75) is 6.42 Å². The second-order valence-corrected chi connectivity index (χ2v) is 3.47. The van der Waals surface area contributed by atoms with E-state index < -0.39 is 6.09 Å². The first-order chi connectivity index (χ1) is 9.11. The molecule has 0 saturated carbocycles. The number of hydrazine groups is 1. The number of hydrogen-bond donors (Lipinski definition) is 4. The maximum absolute atomic E-state index is 11.3. The fraction of sp³-hybridized carbons (Fsp3) is 0.0833. The Labute approximate surface area is 109 Å². The Kier molecular flexibility index (Phi) is 5.61. The average Bonchev–Trinajstić information content (AvgIpc) is 2.41. The summed E-state index contributed by atoms with van der Waals surface area (Å²) in [6.45, 7) is 0. The molecular weight excluding hydrogens is 250 g/mol. The monoisotopic (exact) mass is 263 g/mol. The fourth-order valence-electron chi connectivity index (χ4n) is 1.13. The highest BCUT2D eigenvalue weighted by Gasteiger charge is 1.98. The van der Waals surface area contributed by atoms with E-state index in [4.69, 9.17) is 5.11 Å². The van der Waals surface area contributed by atoms with E-state index in [1.807, 2.05) is 5.32 Å². The number of carboxylic acid groups (broad SMARTS) is 1. The van der Waals surface area contributed by atoms with E-state index in [0.717, 1.165) is 6.29 Å². The molecule has 0 radical (unpaired) electrons. The Morgan fingerprint density at radius 2 is 1.89 bits per heavy atom. The second kappa shape index (κ2) is 7.49. The Morgan fingerprint density at radius 1 is 1.21 bits per heavy atom. The first-order valence-corrected chi connectivity index (χ1v) is 5.36. The number of carbonyl (C=O) groups is 3. The molecule has 0 saturated heterocycles. The van der Waals surface area contributed by atoms with Crippen LogP contribution in [0.1, 0.15) is 16.8 Å². The molecule has 0 aliphatic carbocycles. The van der Waals surface area contributed by atoms with Gasteiger partial charge in [0.15, 0.2) is 0 Å². The lowest BCUT2D eigenvalue weighted by Gasteiger charge is -2.07. The first kappa shape index (κ1) is 14.2. The van der Waals surface area contributed by atoms with Gasteiger partial charge in [0.25, 0.3) is 0 Å². The molecule has 4 N–H and O–H groups in total. The number of nitrogens with one attached hydrogen (secondary N) is 3. The molecule has 19 heavy (non-hydrogen) atoms. The average molecular weight is 263 g/mol. The first-order valence-electron chi connectivity index (χ1n) is 5.36. The summed E-state index contributed by atoms with van der Waals surface area (Å²) in [7, 11) is 0. The molecule has 0 bridgehead atoms. The van der Waals surface area contributed by atoms with Crippen LogP contribution in [0.5, 0.6) is 0 Å². The lowest BCUT2D eigenvalue weighted by atomic mass is 10.2. The SMILES string of the molecule is O=Cc1ccc(NNC(=O)CC=CNC(=O)O)cc1. The Bertz CT molecular complexity index is 482. The van der Waals surface area contributed by atoms with Crippen molar-refractivity contribution >= 4 is 24.0 Å². The van der Waals surface area contributed by atoms with Crippen LogP contribution in [-0.2, 0) is 4.79 Å². The van der Waals surface area contributed by atoms with E-state index in [2.05, 4.69) is 10.9 Å². The third kappa shape index (κ3) is 5.87. The molecule has 0 unspecified atom stereocenters. The number of benzene rings is 1. The van der Waals surface area contributed by atoms with Crippen LogP contribution < -0.4 is 16.2 Å². The minimum Gasteiger partial charge on any atom is -0.465 e. The number of hydrogen-bond acceptors (Lipinski definition) is 4. The standard InChI is InChI=1S/C12H13N3O4/c16-8-9-3-5-10(6-4-9)14-15-11(17)2-1-7-13-12(18)19/h1,3-8,13-14H,2H2,(H,15,17)(H,18,19). The topological polar surface area (TPSA) is 108 Å². The van der Waals surface area contributed by atoms with Crippen LogP contribution in [-0.4, -0.2) is 23.4 Å². The molecule has 0 aliphatic rings. The molecule has 1 aromatic carbocycles. The molecule has 0 spiro atoms. The van der Waals surface area contributed by atoms with Gasteiger partial charge >= 0.3 is 6.09 Å². The number of rotatable bonds is 6. The number of aldehydes is 1. The van der Waals surface area contributed by atoms with Gasteiger partial charge in [-0.15, -0.1) is 0 Å². The van der Waals surface area contributed by atoms with Crippen molar-refractivity contribution in [1.29, 1.82) is 0 Å². The fourth-order valence-corrected chi connectivity index (χ4v) is 1.13. The zero-order valence-electron chi connectivity index (χ0n) is 9.92. The number of anilines is 1. The normalized spacial score (nSPS) is 9.89. The molecule has 0 aromatic heterocycles. The van der Waals surface area contributed by atoms with E-state index in [-0.39, 0.29) is 12.3 Å². The van der Waals surface area contributed by atoms with Gasteiger partial charge in [-0.25, -0.2) is 4.79 Å². The van der Waals surface area contributed by atoms with E-state index in [0.29, 0.717) is 11.3 Å². The third-order valence-corrected chi connectivity index (χ3v) is 2.02. The van der Waals surface area contributed by atoms with Crippen LogP contribution in [0.2, 0.25) is 0 Å². The van der Waals surface area contributed by atoms with Gasteiger partial charge in [-0.05, 0) is 24.3 Å². The minimum absolute atomic E-state index is 0.0275. The van der Waals surface area contributed by atoms with Crippen molar-refractivity contribution in [2.75, 3.05) is 5.43 Å². The summed E-state index contributed by atoms with van der Waals surface area (Å²) in [4.78, 5) is 31.9. The van der Waals surface area contributed by atoms with Crippen molar-refractivity contribution in [3.8, 4) is 0 Å². The Morgan fingerprint density at radius 3 is 2.47 bits per heavy atom. The predicted molar refractivity (Wildman–Crippen MR) is 68.5 cm³/mol. The molecule has 7 heteroatoms. The van der Waals surface area contributed by atoms with Crippen molar-refractivity contribution in [3.05, 3.63) is 42.1 Å². The summed E-state index contributed by atoms with van der Waals surface area (Å²) in [5.41, 5.74) is 6.25. The van der Waals surface area contributed by atoms with Gasteiger partial charge in [0.05, 0.1) is 5.69 Å². The van der Waals surface area contributed by atoms with Crippen LogP contribution in [0.3, 0.4) is 0 Å². The van der Waals surface area contributed by atoms with E-state index in [1.165, 1.54) is 12.3 Å². The summed E-state index contributed by atoms with van der Waals surface area (Å²) in [6, 6.07) is 6.51. The maximum Gasteiger partial charge on any atom is 0.408 e. The van der Waals surface area contributed by atoms with Crippen LogP contribution in [0.15, 0.2) is 36.5 Å². The lowest BCUT2D eigenvalue weighted by molar-refractivity contribution is -0.119. The molecule has 100 valence electrons. The van der Waals surface area contributed by atoms with E-state index in [9.17, 15) is 14.4 Å². The zero-order valence-corrected chi connectivity index (χ0v) is 9.92. The van der Waals surface area contributed by atoms with Crippen molar-refractivity contribution in [3.63, 3.8) is 0 Å². The molecule has 0 heterocycles. The molecule has 2 amide bonds. The Hall–Kier alpha value is -2.83. The highest BCUT2D eigenvalue weighted by Crippen LogP contribution is 2.06. The smallest absolute Gasteiger partial charge is 0.408 e. The van der Waals surface area contributed by atoms with E-state index in [1.54, 1.807) is 24.3 Å². The van der Waals surface area contributed by atoms with Crippen LogP contribution in [0.4, 0.5) is 10.5 Å². The minimum atomic E-state index is -1.19. The largest absolute Gasteiger partial charge is 0.465 e. The molecule has 1 rings (SSSR count). The maximum atomic E-state index is 11.3. The van der Waals surface area contributed by atoms with Crippen molar-refractivity contribution in [1.82, 2.24) is 10.7 Å². The summed E-state index contributed by atoms with van der Waals surface area (Å²) in [5.74, 6) is -0.331. The van der Waals surface area contributed by atoms with Gasteiger partial charge in [0.2, 0.25) is 5.91 Å². The molecule has 0 atom stereocenters. The highest BCUT2D eigenvalue weighted by molar-refractivity contribution is 5.79. The van der Waals surface area contributed by atoms with E-state index >= 15 is 0 Å². The summed E-state index contributed by atoms with van der Waals surface area (Å²) >= 11 is 0. The summed E-state index contributed by atoms with van der Waals surface area (Å²) in [6.07, 6.45) is 2.11. The summed E-state index contributed by atoms with van der Waals surface area (Å²) < 4.78 is 0. The van der Waals surface area contributed by atoms with Crippen LogP contribution in [0.25, 0.3) is 0 Å². The Balaban J connectivity index is 2.31. The van der Waals surface area contributed by atoms with Gasteiger partial charge < -0.3 is 5.11 Å². The third-order valence-electron chi connectivity index (χ3n) is 2.02. The van der Waals surface area contributed by atoms with Gasteiger partial charge in [-0.2, -0.15) is 0 Å². The molecular formula is C12H13N3O4. The molecule has 7 nitrogen and oxygen atoms in total. The molecule has 0 fully saturated rings. The highest BCUT2D eigenvalue weighted by atomic mass is 16.4. The van der Waals surface area contributed by atoms with Crippen LogP contribution >= 0.6 is 0 Å². The number of amides is 2. The van der Waals surface area contributed by atoms with Crippen molar-refractivity contribution in [2.24, 2.45) is 0 Å². The molecule has 0 aliphatic heterocycles. The second-order valence-electron chi connectivity index (χ2n) is 3.47. The number of carbonyl (C=O) groups excluding carboxylic acids is 2. The summed E-state index contributed by atoms with van der Waals surface area (Å²) in [5, 5.41) is 10.3.